The second-order valence-electron chi connectivity index (χ2n) is 7.03. The first-order valence-electron chi connectivity index (χ1n) is 9.70. The maximum Gasteiger partial charge on any atom is 0.264 e. The standard InChI is InChI=1S/C23H22ClN3O2S/c1-3-27-21(20(24)12-25-27)13-26(2)23(28)22-10-16(15-30-22)14-29-19-9-8-17-6-4-5-7-18(17)11-19/h4-12,15H,3,13-14H2,1-2H3. The van der Waals surface area contributed by atoms with E-state index in [1.807, 2.05) is 53.4 Å². The molecule has 4 rings (SSSR count). The summed E-state index contributed by atoms with van der Waals surface area (Å²) >= 11 is 7.65. The highest BCUT2D eigenvalue weighted by Crippen LogP contribution is 2.24. The Morgan fingerprint density at radius 2 is 2.00 bits per heavy atom. The Bertz CT molecular complexity index is 1180. The molecule has 4 aromatic rings. The van der Waals surface area contributed by atoms with Crippen LogP contribution in [0.15, 0.2) is 60.1 Å². The smallest absolute Gasteiger partial charge is 0.264 e. The van der Waals surface area contributed by atoms with Gasteiger partial charge in [0.25, 0.3) is 5.91 Å². The maximum absolute atomic E-state index is 12.8. The van der Waals surface area contributed by atoms with E-state index in [4.69, 9.17) is 16.3 Å². The Hall–Kier alpha value is -2.83. The van der Waals surface area contributed by atoms with Gasteiger partial charge in [0.15, 0.2) is 0 Å². The van der Waals surface area contributed by atoms with Gasteiger partial charge in [-0.3, -0.25) is 9.48 Å². The van der Waals surface area contributed by atoms with Crippen molar-refractivity contribution in [3.8, 4) is 5.75 Å². The predicted molar refractivity (Wildman–Crippen MR) is 121 cm³/mol. The Labute approximate surface area is 184 Å². The number of fused-ring (bicyclic) bond motifs is 1. The lowest BCUT2D eigenvalue weighted by Gasteiger charge is -2.17. The summed E-state index contributed by atoms with van der Waals surface area (Å²) in [6, 6.07) is 16.1. The number of aryl methyl sites for hydroxylation is 1. The van der Waals surface area contributed by atoms with Crippen LogP contribution < -0.4 is 4.74 Å². The van der Waals surface area contributed by atoms with Gasteiger partial charge in [0.2, 0.25) is 0 Å². The SMILES string of the molecule is CCn1ncc(Cl)c1CN(C)C(=O)c1cc(COc2ccc3ccccc3c2)cs1. The van der Waals surface area contributed by atoms with Crippen LogP contribution in [0.25, 0.3) is 10.8 Å². The summed E-state index contributed by atoms with van der Waals surface area (Å²) in [4.78, 5) is 15.2. The van der Waals surface area contributed by atoms with Gasteiger partial charge in [-0.15, -0.1) is 11.3 Å². The number of thiophene rings is 1. The minimum atomic E-state index is -0.0446. The van der Waals surface area contributed by atoms with E-state index in [-0.39, 0.29) is 5.91 Å². The first-order chi connectivity index (χ1) is 14.5. The molecule has 0 aliphatic rings. The number of hydrogen-bond acceptors (Lipinski definition) is 4. The Kier molecular flexibility index (Phi) is 6.06. The molecule has 5 nitrogen and oxygen atoms in total. The lowest BCUT2D eigenvalue weighted by Crippen LogP contribution is -2.27. The average Bonchev–Trinajstić information content (AvgIpc) is 3.38. The first kappa shape index (κ1) is 20.4. The number of amides is 1. The molecule has 0 fully saturated rings. The monoisotopic (exact) mass is 439 g/mol. The molecule has 0 saturated heterocycles. The molecule has 7 heteroatoms. The molecule has 0 bridgehead atoms. The zero-order valence-corrected chi connectivity index (χ0v) is 18.4. The van der Waals surface area contributed by atoms with E-state index in [0.29, 0.717) is 29.6 Å². The molecule has 0 radical (unpaired) electrons. The van der Waals surface area contributed by atoms with Gasteiger partial charge in [0, 0.05) is 19.2 Å². The van der Waals surface area contributed by atoms with Gasteiger partial charge < -0.3 is 9.64 Å². The second-order valence-corrected chi connectivity index (χ2v) is 8.35. The number of ether oxygens (including phenoxy) is 1. The Morgan fingerprint density at radius 1 is 1.20 bits per heavy atom. The molecular weight excluding hydrogens is 418 g/mol. The van der Waals surface area contributed by atoms with Crippen LogP contribution in [0.4, 0.5) is 0 Å². The lowest BCUT2D eigenvalue weighted by atomic mass is 10.1. The normalized spacial score (nSPS) is 11.0. The number of hydrogen-bond donors (Lipinski definition) is 0. The van der Waals surface area contributed by atoms with E-state index in [0.717, 1.165) is 22.4 Å². The highest BCUT2D eigenvalue weighted by Gasteiger charge is 2.18. The summed E-state index contributed by atoms with van der Waals surface area (Å²) in [6.07, 6.45) is 1.62. The van der Waals surface area contributed by atoms with E-state index < -0.39 is 0 Å². The first-order valence-corrected chi connectivity index (χ1v) is 11.0. The molecule has 0 N–H and O–H groups in total. The van der Waals surface area contributed by atoms with Crippen molar-refractivity contribution in [1.82, 2.24) is 14.7 Å². The van der Waals surface area contributed by atoms with E-state index in [2.05, 4.69) is 17.2 Å². The quantitative estimate of drug-likeness (QED) is 0.375. The van der Waals surface area contributed by atoms with Gasteiger partial charge in [-0.2, -0.15) is 5.10 Å². The fourth-order valence-corrected chi connectivity index (χ4v) is 4.38. The molecule has 0 unspecified atom stereocenters. The summed E-state index contributed by atoms with van der Waals surface area (Å²) in [5.41, 5.74) is 1.81. The number of benzene rings is 2. The largest absolute Gasteiger partial charge is 0.489 e. The summed E-state index contributed by atoms with van der Waals surface area (Å²) in [5.74, 6) is 0.768. The van der Waals surface area contributed by atoms with Crippen molar-refractivity contribution in [1.29, 1.82) is 0 Å². The third-order valence-corrected chi connectivity index (χ3v) is 6.20. The predicted octanol–water partition coefficient (Wildman–Crippen LogP) is 5.62. The molecular formula is C23H22ClN3O2S. The Morgan fingerprint density at radius 3 is 2.80 bits per heavy atom. The van der Waals surface area contributed by atoms with Crippen molar-refractivity contribution >= 4 is 39.6 Å². The van der Waals surface area contributed by atoms with Gasteiger partial charge in [-0.05, 0) is 41.3 Å². The van der Waals surface area contributed by atoms with Crippen molar-refractivity contribution in [3.63, 3.8) is 0 Å². The van der Waals surface area contributed by atoms with Gasteiger partial charge in [0.1, 0.15) is 12.4 Å². The van der Waals surface area contributed by atoms with Crippen molar-refractivity contribution in [2.24, 2.45) is 0 Å². The zero-order valence-electron chi connectivity index (χ0n) is 16.8. The molecule has 0 atom stereocenters. The van der Waals surface area contributed by atoms with E-state index in [9.17, 15) is 4.79 Å². The molecule has 2 aromatic heterocycles. The Balaban J connectivity index is 1.40. The van der Waals surface area contributed by atoms with Gasteiger partial charge >= 0.3 is 0 Å². The molecule has 0 spiro atoms. The van der Waals surface area contributed by atoms with Crippen LogP contribution in [0.5, 0.6) is 5.75 Å². The van der Waals surface area contributed by atoms with Crippen LogP contribution >= 0.6 is 22.9 Å². The topological polar surface area (TPSA) is 47.4 Å². The van der Waals surface area contributed by atoms with Crippen LogP contribution in [-0.2, 0) is 19.7 Å². The number of nitrogens with zero attached hydrogens (tertiary/aromatic N) is 3. The van der Waals surface area contributed by atoms with E-state index in [1.54, 1.807) is 18.1 Å². The second kappa shape index (κ2) is 8.90. The van der Waals surface area contributed by atoms with Crippen LogP contribution in [0.3, 0.4) is 0 Å². The molecule has 154 valence electrons. The number of halogens is 1. The molecule has 2 aromatic carbocycles. The summed E-state index contributed by atoms with van der Waals surface area (Å²) in [6.45, 7) is 3.53. The molecule has 0 saturated carbocycles. The minimum Gasteiger partial charge on any atom is -0.489 e. The lowest BCUT2D eigenvalue weighted by molar-refractivity contribution is 0.0786. The highest BCUT2D eigenvalue weighted by atomic mass is 35.5. The third kappa shape index (κ3) is 4.35. The third-order valence-electron chi connectivity index (χ3n) is 4.92. The van der Waals surface area contributed by atoms with Crippen LogP contribution in [0, 0.1) is 0 Å². The molecule has 0 aliphatic heterocycles. The van der Waals surface area contributed by atoms with Gasteiger partial charge in [-0.25, -0.2) is 0 Å². The van der Waals surface area contributed by atoms with Crippen molar-refractivity contribution in [2.45, 2.75) is 26.6 Å². The molecule has 1 amide bonds. The fourth-order valence-electron chi connectivity index (χ4n) is 3.29. The molecule has 30 heavy (non-hydrogen) atoms. The summed E-state index contributed by atoms with van der Waals surface area (Å²) in [5, 5.41) is 9.09. The number of rotatable bonds is 7. The minimum absolute atomic E-state index is 0.0446. The average molecular weight is 440 g/mol. The summed E-state index contributed by atoms with van der Waals surface area (Å²) in [7, 11) is 1.77. The van der Waals surface area contributed by atoms with Crippen molar-refractivity contribution in [2.75, 3.05) is 7.05 Å². The highest BCUT2D eigenvalue weighted by molar-refractivity contribution is 7.12. The zero-order chi connectivity index (χ0) is 21.1. The van der Waals surface area contributed by atoms with E-state index >= 15 is 0 Å². The number of carbonyl (C=O) groups is 1. The van der Waals surface area contributed by atoms with Crippen LogP contribution in [-0.4, -0.2) is 27.6 Å². The number of aromatic nitrogens is 2. The van der Waals surface area contributed by atoms with Crippen LogP contribution in [0.1, 0.15) is 27.9 Å². The maximum atomic E-state index is 12.8. The van der Waals surface area contributed by atoms with E-state index in [1.165, 1.54) is 16.7 Å². The van der Waals surface area contributed by atoms with Crippen molar-refractivity contribution in [3.05, 3.63) is 81.3 Å². The molecule has 0 aliphatic carbocycles. The van der Waals surface area contributed by atoms with Gasteiger partial charge in [-0.1, -0.05) is 41.9 Å². The summed E-state index contributed by atoms with van der Waals surface area (Å²) < 4.78 is 7.75. The van der Waals surface area contributed by atoms with Crippen LogP contribution in [0.2, 0.25) is 5.02 Å². The number of carbonyl (C=O) groups excluding carboxylic acids is 1. The fraction of sp³-hybridized carbons (Fsp3) is 0.217. The van der Waals surface area contributed by atoms with Gasteiger partial charge in [0.05, 0.1) is 28.3 Å². The van der Waals surface area contributed by atoms with Crippen molar-refractivity contribution < 1.29 is 9.53 Å². The molecule has 2 heterocycles.